The first-order chi connectivity index (χ1) is 14.7. The van der Waals surface area contributed by atoms with Crippen molar-refractivity contribution >= 4 is 23.2 Å². The van der Waals surface area contributed by atoms with Gasteiger partial charge in [0.25, 0.3) is 0 Å². The molecule has 3 aliphatic rings. The number of fused-ring (bicyclic) bond motifs is 1. The number of anilines is 2. The van der Waals surface area contributed by atoms with E-state index < -0.39 is 0 Å². The Morgan fingerprint density at radius 1 is 1.17 bits per heavy atom. The molecule has 1 saturated heterocycles. The van der Waals surface area contributed by atoms with E-state index in [1.165, 1.54) is 18.4 Å². The number of benzene rings is 1. The minimum absolute atomic E-state index is 0.217. The van der Waals surface area contributed by atoms with Crippen molar-refractivity contribution in [3.05, 3.63) is 54.2 Å². The number of aryl methyl sites for hydroxylation is 1. The summed E-state index contributed by atoms with van der Waals surface area (Å²) in [6.45, 7) is 1.40. The first kappa shape index (κ1) is 19.1. The number of amides is 1. The number of nitrogens with one attached hydrogen (secondary N) is 2. The summed E-state index contributed by atoms with van der Waals surface area (Å²) in [4.78, 5) is 24.6. The predicted octanol–water partition coefficient (Wildman–Crippen LogP) is 3.86. The Morgan fingerprint density at radius 2 is 2.00 bits per heavy atom. The number of rotatable bonds is 4. The van der Waals surface area contributed by atoms with Crippen LogP contribution < -0.4 is 10.6 Å². The zero-order valence-corrected chi connectivity index (χ0v) is 17.3. The van der Waals surface area contributed by atoms with Gasteiger partial charge in [-0.1, -0.05) is 43.2 Å². The summed E-state index contributed by atoms with van der Waals surface area (Å²) in [6, 6.07) is 14.6. The van der Waals surface area contributed by atoms with Crippen molar-refractivity contribution in [3.8, 4) is 0 Å². The van der Waals surface area contributed by atoms with E-state index in [-0.39, 0.29) is 11.4 Å². The van der Waals surface area contributed by atoms with Crippen molar-refractivity contribution < 1.29 is 4.79 Å². The van der Waals surface area contributed by atoms with Crippen LogP contribution in [0.1, 0.15) is 44.1 Å². The van der Waals surface area contributed by atoms with Crippen LogP contribution in [0.4, 0.5) is 11.5 Å². The molecule has 156 valence electrons. The molecule has 1 amide bonds. The molecule has 3 heterocycles. The SMILES string of the molecule is O=C(CCc1ccccc1)N1CCC2(C1)Nc1cccnc1NC2=NC1CCCC1. The third-order valence-electron chi connectivity index (χ3n) is 6.60. The maximum absolute atomic E-state index is 13.0. The lowest BCUT2D eigenvalue weighted by Crippen LogP contribution is -2.55. The molecule has 6 heteroatoms. The summed E-state index contributed by atoms with van der Waals surface area (Å²) in [7, 11) is 0. The van der Waals surface area contributed by atoms with Crippen LogP contribution in [0, 0.1) is 0 Å². The molecule has 1 aromatic carbocycles. The fourth-order valence-corrected chi connectivity index (χ4v) is 4.90. The molecule has 1 spiro atoms. The van der Waals surface area contributed by atoms with Crippen LogP contribution in [0.5, 0.6) is 0 Å². The molecule has 0 bridgehead atoms. The predicted molar refractivity (Wildman–Crippen MR) is 120 cm³/mol. The van der Waals surface area contributed by atoms with Gasteiger partial charge in [-0.2, -0.15) is 0 Å². The van der Waals surface area contributed by atoms with Crippen LogP contribution in [-0.4, -0.2) is 46.3 Å². The average molecular weight is 404 g/mol. The van der Waals surface area contributed by atoms with Crippen molar-refractivity contribution in [2.45, 2.75) is 56.5 Å². The second-order valence-electron chi connectivity index (χ2n) is 8.70. The standard InChI is InChI=1S/C24H29N5O/c30-21(13-12-18-7-2-1-3-8-18)29-16-14-24(17-29)23(26-19-9-4-5-10-19)27-22-20(28-24)11-6-15-25-22/h1-3,6-8,11,15,19,28H,4-5,9-10,12-14,16-17H2,(H,25,26,27). The Bertz CT molecular complexity index is 938. The van der Waals surface area contributed by atoms with E-state index in [0.29, 0.717) is 19.0 Å². The molecule has 30 heavy (non-hydrogen) atoms. The first-order valence-corrected chi connectivity index (χ1v) is 11.1. The van der Waals surface area contributed by atoms with Crippen LogP contribution in [0.15, 0.2) is 53.7 Å². The van der Waals surface area contributed by atoms with Gasteiger partial charge in [-0.05, 0) is 43.4 Å². The van der Waals surface area contributed by atoms with E-state index in [1.807, 2.05) is 35.2 Å². The summed E-state index contributed by atoms with van der Waals surface area (Å²) in [5.41, 5.74) is 1.85. The summed E-state index contributed by atoms with van der Waals surface area (Å²) < 4.78 is 0. The van der Waals surface area contributed by atoms with Gasteiger partial charge in [-0.15, -0.1) is 0 Å². The Balaban J connectivity index is 1.34. The van der Waals surface area contributed by atoms with Crippen molar-refractivity contribution in [3.63, 3.8) is 0 Å². The Morgan fingerprint density at radius 3 is 2.83 bits per heavy atom. The summed E-state index contributed by atoms with van der Waals surface area (Å²) in [5.74, 6) is 2.00. The second-order valence-corrected chi connectivity index (χ2v) is 8.70. The van der Waals surface area contributed by atoms with Gasteiger partial charge in [-0.3, -0.25) is 9.79 Å². The monoisotopic (exact) mass is 403 g/mol. The highest BCUT2D eigenvalue weighted by molar-refractivity contribution is 6.09. The summed E-state index contributed by atoms with van der Waals surface area (Å²) in [6.07, 6.45) is 8.78. The van der Waals surface area contributed by atoms with Gasteiger partial charge >= 0.3 is 0 Å². The van der Waals surface area contributed by atoms with Crippen LogP contribution >= 0.6 is 0 Å². The number of likely N-dealkylation sites (tertiary alicyclic amines) is 1. The third kappa shape index (κ3) is 3.78. The average Bonchev–Trinajstić information content (AvgIpc) is 3.44. The normalized spacial score (nSPS) is 24.7. The number of amidine groups is 1. The molecule has 1 saturated carbocycles. The molecular formula is C24H29N5O. The number of aromatic nitrogens is 1. The quantitative estimate of drug-likeness (QED) is 0.813. The molecule has 2 N–H and O–H groups in total. The zero-order valence-electron chi connectivity index (χ0n) is 17.3. The fourth-order valence-electron chi connectivity index (χ4n) is 4.90. The number of hydrogen-bond acceptors (Lipinski definition) is 4. The minimum Gasteiger partial charge on any atom is -0.368 e. The second kappa shape index (κ2) is 8.09. The fraction of sp³-hybridized carbons (Fsp3) is 0.458. The molecule has 6 nitrogen and oxygen atoms in total. The van der Waals surface area contributed by atoms with Gasteiger partial charge in [0.05, 0.1) is 18.3 Å². The highest BCUT2D eigenvalue weighted by atomic mass is 16.2. The lowest BCUT2D eigenvalue weighted by molar-refractivity contribution is -0.130. The van der Waals surface area contributed by atoms with Crippen LogP contribution in [0.2, 0.25) is 0 Å². The van der Waals surface area contributed by atoms with Gasteiger partial charge < -0.3 is 15.5 Å². The number of carbonyl (C=O) groups is 1. The number of aliphatic imine (C=N–C) groups is 1. The molecular weight excluding hydrogens is 374 g/mol. The summed E-state index contributed by atoms with van der Waals surface area (Å²) >= 11 is 0. The molecule has 2 aromatic rings. The Hall–Kier alpha value is -2.89. The van der Waals surface area contributed by atoms with Gasteiger partial charge in [-0.25, -0.2) is 4.98 Å². The zero-order chi connectivity index (χ0) is 20.4. The molecule has 2 aliphatic heterocycles. The smallest absolute Gasteiger partial charge is 0.222 e. The maximum Gasteiger partial charge on any atom is 0.222 e. The van der Waals surface area contributed by atoms with Crippen molar-refractivity contribution in [2.24, 2.45) is 4.99 Å². The highest BCUT2D eigenvalue weighted by Gasteiger charge is 2.47. The summed E-state index contributed by atoms with van der Waals surface area (Å²) in [5, 5.41) is 7.22. The van der Waals surface area contributed by atoms with Crippen molar-refractivity contribution in [1.82, 2.24) is 9.88 Å². The van der Waals surface area contributed by atoms with Crippen LogP contribution in [0.25, 0.3) is 0 Å². The van der Waals surface area contributed by atoms with E-state index in [4.69, 9.17) is 4.99 Å². The van der Waals surface area contributed by atoms with Crippen LogP contribution in [-0.2, 0) is 11.2 Å². The highest BCUT2D eigenvalue weighted by Crippen LogP contribution is 2.36. The lowest BCUT2D eigenvalue weighted by Gasteiger charge is -2.38. The van der Waals surface area contributed by atoms with E-state index in [0.717, 1.165) is 49.6 Å². The number of nitrogens with zero attached hydrogens (tertiary/aromatic N) is 3. The first-order valence-electron chi connectivity index (χ1n) is 11.1. The third-order valence-corrected chi connectivity index (χ3v) is 6.60. The topological polar surface area (TPSA) is 69.6 Å². The van der Waals surface area contributed by atoms with Gasteiger partial charge in [0.15, 0.2) is 5.82 Å². The van der Waals surface area contributed by atoms with E-state index in [9.17, 15) is 4.79 Å². The van der Waals surface area contributed by atoms with Gasteiger partial charge in [0, 0.05) is 19.2 Å². The maximum atomic E-state index is 13.0. The largest absolute Gasteiger partial charge is 0.368 e. The van der Waals surface area contributed by atoms with E-state index >= 15 is 0 Å². The molecule has 1 unspecified atom stereocenters. The Labute approximate surface area is 177 Å². The van der Waals surface area contributed by atoms with E-state index in [1.54, 1.807) is 6.20 Å². The number of hydrogen-bond donors (Lipinski definition) is 2. The molecule has 2 fully saturated rings. The van der Waals surface area contributed by atoms with Crippen molar-refractivity contribution in [1.29, 1.82) is 0 Å². The van der Waals surface area contributed by atoms with Crippen LogP contribution in [0.3, 0.4) is 0 Å². The molecule has 5 rings (SSSR count). The number of carbonyl (C=O) groups excluding carboxylic acids is 1. The van der Waals surface area contributed by atoms with E-state index in [2.05, 4.69) is 27.8 Å². The molecule has 1 aliphatic carbocycles. The minimum atomic E-state index is -0.346. The lowest BCUT2D eigenvalue weighted by atomic mass is 9.93. The van der Waals surface area contributed by atoms with Crippen molar-refractivity contribution in [2.75, 3.05) is 23.7 Å². The van der Waals surface area contributed by atoms with Gasteiger partial charge in [0.2, 0.25) is 5.91 Å². The van der Waals surface area contributed by atoms with Gasteiger partial charge in [0.1, 0.15) is 11.4 Å². The molecule has 0 radical (unpaired) electrons. The molecule has 1 atom stereocenters. The Kier molecular flexibility index (Phi) is 5.15. The number of pyridine rings is 1. The molecule has 1 aromatic heterocycles.